The molecular weight excluding hydrogens is 362 g/mol. The van der Waals surface area contributed by atoms with Crippen molar-refractivity contribution in [3.8, 4) is 0 Å². The fourth-order valence-electron chi connectivity index (χ4n) is 2.82. The molecule has 1 amide bonds. The van der Waals surface area contributed by atoms with Gasteiger partial charge in [-0.15, -0.1) is 0 Å². The van der Waals surface area contributed by atoms with Crippen molar-refractivity contribution in [2.24, 2.45) is 5.73 Å². The van der Waals surface area contributed by atoms with Crippen molar-refractivity contribution in [1.82, 2.24) is 10.3 Å². The lowest BCUT2D eigenvalue weighted by Gasteiger charge is -2.19. The van der Waals surface area contributed by atoms with Crippen LogP contribution in [0.25, 0.3) is 16.4 Å². The molecule has 4 N–H and O–H groups in total. The molecule has 2 atom stereocenters. The first-order valence-corrected chi connectivity index (χ1v) is 8.94. The van der Waals surface area contributed by atoms with E-state index in [1.54, 1.807) is 13.1 Å². The van der Waals surface area contributed by atoms with E-state index in [0.29, 0.717) is 0 Å². The number of hydrogen-bond donors (Lipinski definition) is 3. The predicted molar refractivity (Wildman–Crippen MR) is 102 cm³/mol. The summed E-state index contributed by atoms with van der Waals surface area (Å²) >= 11 is 0. The number of fused-ring (bicyclic) bond motifs is 1. The lowest BCUT2D eigenvalue weighted by Crippen LogP contribution is -2.49. The summed E-state index contributed by atoms with van der Waals surface area (Å²) < 4.78 is 4.95. The summed E-state index contributed by atoms with van der Waals surface area (Å²) in [4.78, 5) is 41.8. The Morgan fingerprint density at radius 1 is 1.36 bits per heavy atom. The molecule has 1 aromatic carbocycles. The number of esters is 1. The van der Waals surface area contributed by atoms with Gasteiger partial charge < -0.3 is 26.3 Å². The summed E-state index contributed by atoms with van der Waals surface area (Å²) in [5, 5.41) is 3.53. The molecule has 2 unspecified atom stereocenters. The van der Waals surface area contributed by atoms with Gasteiger partial charge in [-0.1, -0.05) is 18.2 Å². The lowest BCUT2D eigenvalue weighted by molar-refractivity contribution is -0.147. The number of para-hydroxylation sites is 1. The van der Waals surface area contributed by atoms with Crippen LogP contribution in [-0.4, -0.2) is 52.3 Å². The minimum Gasteiger partial charge on any atom is -0.464 e. The molecule has 1 heterocycles. The van der Waals surface area contributed by atoms with Crippen molar-refractivity contribution in [2.75, 3.05) is 6.61 Å². The number of Topliss-reactive ketones (excluding diaryl/α,β-unsaturated/α-hetero) is 1. The third-order valence-corrected chi connectivity index (χ3v) is 4.22. The van der Waals surface area contributed by atoms with E-state index in [4.69, 9.17) is 16.0 Å². The first-order valence-electron chi connectivity index (χ1n) is 8.94. The summed E-state index contributed by atoms with van der Waals surface area (Å²) in [6.07, 6.45) is 2.74. The normalized spacial score (nSPS) is 12.6. The summed E-state index contributed by atoms with van der Waals surface area (Å²) in [5.74, 6) is -1.65. The highest BCUT2D eigenvalue weighted by Gasteiger charge is 2.26. The Kier molecular flexibility index (Phi) is 7.62. The molecule has 0 spiro atoms. The van der Waals surface area contributed by atoms with Crippen LogP contribution >= 0.6 is 0 Å². The number of nitrogens with zero attached hydrogens (tertiary/aromatic N) is 2. The highest BCUT2D eigenvalue weighted by molar-refractivity contribution is 6.25. The Morgan fingerprint density at radius 2 is 2.11 bits per heavy atom. The van der Waals surface area contributed by atoms with E-state index in [1.165, 1.54) is 0 Å². The molecule has 0 saturated carbocycles. The number of ketones is 1. The van der Waals surface area contributed by atoms with Gasteiger partial charge in [-0.3, -0.25) is 9.59 Å². The molecule has 2 aromatic rings. The number of carbonyl (C=O) groups excluding carboxylic acids is 3. The van der Waals surface area contributed by atoms with E-state index in [2.05, 4.69) is 15.1 Å². The van der Waals surface area contributed by atoms with E-state index in [9.17, 15) is 14.4 Å². The minimum atomic E-state index is -1.02. The number of nitrogens with one attached hydrogen (secondary N) is 2. The van der Waals surface area contributed by atoms with Crippen LogP contribution in [0, 0.1) is 0 Å². The molecule has 0 aliphatic rings. The highest BCUT2D eigenvalue weighted by atomic mass is 16.5. The predicted octanol–water partition coefficient (Wildman–Crippen LogP) is 0.736. The molecule has 148 valence electrons. The molecule has 0 aliphatic carbocycles. The zero-order chi connectivity index (χ0) is 20.5. The van der Waals surface area contributed by atoms with Gasteiger partial charge in [-0.25, -0.2) is 4.79 Å². The summed E-state index contributed by atoms with van der Waals surface area (Å²) in [6, 6.07) is 5.76. The smallest absolute Gasteiger partial charge is 0.328 e. The van der Waals surface area contributed by atoms with Crippen molar-refractivity contribution in [3.63, 3.8) is 0 Å². The minimum absolute atomic E-state index is 0.00916. The Labute approximate surface area is 161 Å². The van der Waals surface area contributed by atoms with Crippen LogP contribution in [0.4, 0.5) is 0 Å². The zero-order valence-corrected chi connectivity index (χ0v) is 15.6. The van der Waals surface area contributed by atoms with Crippen molar-refractivity contribution < 1.29 is 23.9 Å². The van der Waals surface area contributed by atoms with Crippen LogP contribution in [0.2, 0.25) is 0 Å². The van der Waals surface area contributed by atoms with Crippen molar-refractivity contribution in [1.29, 1.82) is 0 Å². The van der Waals surface area contributed by atoms with E-state index in [-0.39, 0.29) is 25.9 Å². The average molecular weight is 385 g/mol. The quantitative estimate of drug-likeness (QED) is 0.238. The van der Waals surface area contributed by atoms with Crippen LogP contribution in [0.1, 0.15) is 25.3 Å². The highest BCUT2D eigenvalue weighted by Crippen LogP contribution is 2.18. The second-order valence-corrected chi connectivity index (χ2v) is 6.23. The maximum atomic E-state index is 12.5. The van der Waals surface area contributed by atoms with Crippen LogP contribution in [0.3, 0.4) is 0 Å². The van der Waals surface area contributed by atoms with Gasteiger partial charge in [0.15, 0.2) is 0 Å². The standard InChI is InChI=1S/C19H23N5O4/c1-2-28-19(27)17(8-7-13(25)11-23-21)24-18(26)15(20)9-12-10-22-16-6-4-3-5-14(12)16/h3-6,10-11,15,17,22H,2,7-9,20H2,1H3,(H,24,26). The summed E-state index contributed by atoms with van der Waals surface area (Å²) in [5.41, 5.74) is 16.2. The number of aromatic amines is 1. The number of benzene rings is 1. The Morgan fingerprint density at radius 3 is 2.82 bits per heavy atom. The third kappa shape index (κ3) is 5.60. The van der Waals surface area contributed by atoms with Crippen LogP contribution in [0.15, 0.2) is 30.5 Å². The van der Waals surface area contributed by atoms with E-state index >= 15 is 0 Å². The van der Waals surface area contributed by atoms with Crippen molar-refractivity contribution in [3.05, 3.63) is 41.6 Å². The molecule has 0 saturated heterocycles. The van der Waals surface area contributed by atoms with Gasteiger partial charge in [0.25, 0.3) is 0 Å². The second kappa shape index (κ2) is 10.1. The molecule has 9 heteroatoms. The van der Waals surface area contributed by atoms with E-state index in [0.717, 1.165) is 22.7 Å². The molecule has 9 nitrogen and oxygen atoms in total. The SMILES string of the molecule is CCOC(=O)C(CCC(=O)C=[N+]=[N-])NC(=O)C(N)Cc1c[nH]c2ccccc12. The Bertz CT molecular complexity index is 901. The van der Waals surface area contributed by atoms with Gasteiger partial charge in [0.2, 0.25) is 11.7 Å². The average Bonchev–Trinajstić information content (AvgIpc) is 3.08. The number of carbonyl (C=O) groups is 3. The number of hydrogen-bond acceptors (Lipinski definition) is 5. The Balaban J connectivity index is 2.02. The summed E-state index contributed by atoms with van der Waals surface area (Å²) in [7, 11) is 0. The van der Waals surface area contributed by atoms with Crippen LogP contribution < -0.4 is 11.1 Å². The zero-order valence-electron chi connectivity index (χ0n) is 15.6. The lowest BCUT2D eigenvalue weighted by atomic mass is 10.0. The fourth-order valence-corrected chi connectivity index (χ4v) is 2.82. The van der Waals surface area contributed by atoms with Gasteiger partial charge in [-0.05, 0) is 31.4 Å². The van der Waals surface area contributed by atoms with Crippen LogP contribution in [0.5, 0.6) is 0 Å². The van der Waals surface area contributed by atoms with Gasteiger partial charge in [-0.2, -0.15) is 4.79 Å². The molecule has 0 aliphatic heterocycles. The number of nitrogens with two attached hydrogens (primary N) is 1. The van der Waals surface area contributed by atoms with E-state index < -0.39 is 29.7 Å². The van der Waals surface area contributed by atoms with Gasteiger partial charge >= 0.3 is 12.2 Å². The monoisotopic (exact) mass is 385 g/mol. The number of ether oxygens (including phenoxy) is 1. The van der Waals surface area contributed by atoms with Crippen molar-refractivity contribution in [2.45, 2.75) is 38.3 Å². The molecular formula is C19H23N5O4. The van der Waals surface area contributed by atoms with Gasteiger partial charge in [0.1, 0.15) is 6.04 Å². The number of H-pyrrole nitrogens is 1. The largest absolute Gasteiger partial charge is 0.464 e. The fraction of sp³-hybridized carbons (Fsp3) is 0.368. The topological polar surface area (TPSA) is 151 Å². The first kappa shape index (κ1) is 21.0. The van der Waals surface area contributed by atoms with Crippen LogP contribution in [-0.2, 0) is 25.5 Å². The molecule has 0 bridgehead atoms. The van der Waals surface area contributed by atoms with E-state index in [1.807, 2.05) is 24.3 Å². The third-order valence-electron chi connectivity index (χ3n) is 4.22. The molecule has 1 aromatic heterocycles. The molecule has 0 fully saturated rings. The molecule has 2 rings (SSSR count). The molecule has 0 radical (unpaired) electrons. The second-order valence-electron chi connectivity index (χ2n) is 6.23. The number of amides is 1. The number of rotatable bonds is 10. The van der Waals surface area contributed by atoms with Crippen molar-refractivity contribution >= 4 is 34.8 Å². The van der Waals surface area contributed by atoms with Gasteiger partial charge in [0.05, 0.1) is 12.6 Å². The summed E-state index contributed by atoms with van der Waals surface area (Å²) in [6.45, 7) is 1.78. The maximum Gasteiger partial charge on any atom is 0.328 e. The Hall–Kier alpha value is -3.29. The maximum absolute atomic E-state index is 12.5. The van der Waals surface area contributed by atoms with Gasteiger partial charge in [0, 0.05) is 23.5 Å². The first-order chi connectivity index (χ1) is 13.5. The number of aromatic nitrogens is 1. The molecule has 28 heavy (non-hydrogen) atoms.